The Kier molecular flexibility index (Phi) is 3.19. The molecule has 0 saturated carbocycles. The third kappa shape index (κ3) is 1.74. The van der Waals surface area contributed by atoms with Crippen molar-refractivity contribution in [3.63, 3.8) is 0 Å². The fourth-order valence-electron chi connectivity index (χ4n) is 1.09. The molecule has 0 aromatic carbocycles. The van der Waals surface area contributed by atoms with Crippen molar-refractivity contribution in [2.45, 2.75) is 13.0 Å². The van der Waals surface area contributed by atoms with Crippen molar-refractivity contribution in [3.8, 4) is 11.6 Å². The first-order valence-corrected chi connectivity index (χ1v) is 3.75. The molecule has 1 heterocycles. The Morgan fingerprint density at radius 1 is 1.57 bits per heavy atom. The van der Waals surface area contributed by atoms with Gasteiger partial charge in [-0.1, -0.05) is 0 Å². The van der Waals surface area contributed by atoms with Gasteiger partial charge in [-0.3, -0.25) is 0 Å². The fraction of sp³-hybridized carbons (Fsp3) is 0.375. The van der Waals surface area contributed by atoms with Gasteiger partial charge in [0.2, 0.25) is 5.88 Å². The summed E-state index contributed by atoms with van der Waals surface area (Å²) in [5.74, 6) is -0.759. The third-order valence-electron chi connectivity index (χ3n) is 1.74. The summed E-state index contributed by atoms with van der Waals surface area (Å²) in [6, 6.07) is 0. The summed E-state index contributed by atoms with van der Waals surface area (Å²) in [7, 11) is 1.19. The average molecular weight is 205 g/mol. The van der Waals surface area contributed by atoms with Gasteiger partial charge in [0, 0.05) is 5.56 Å². The lowest BCUT2D eigenvalue weighted by Gasteiger charge is -2.11. The van der Waals surface area contributed by atoms with Crippen LogP contribution in [-0.2, 0) is 6.61 Å². The zero-order valence-electron chi connectivity index (χ0n) is 7.37. The maximum atomic E-state index is 12.5. The molecule has 1 rings (SSSR count). The molecule has 1 aromatic heterocycles. The Balaban J connectivity index is 3.36. The summed E-state index contributed by atoms with van der Waals surface area (Å²) in [6.07, 6.45) is -1.90. The number of hydrogen-bond donors (Lipinski definition) is 2. The van der Waals surface area contributed by atoms with Crippen LogP contribution in [-0.4, -0.2) is 22.3 Å². The second-order valence-electron chi connectivity index (χ2n) is 2.50. The van der Waals surface area contributed by atoms with Crippen molar-refractivity contribution in [2.75, 3.05) is 7.11 Å². The van der Waals surface area contributed by atoms with Gasteiger partial charge in [0.05, 0.1) is 25.5 Å². The van der Waals surface area contributed by atoms with Crippen LogP contribution < -0.4 is 4.74 Å². The summed E-state index contributed by atoms with van der Waals surface area (Å²) >= 11 is 0. The number of aliphatic hydroxyl groups is 1. The first-order valence-electron chi connectivity index (χ1n) is 3.75. The molecule has 0 aliphatic carbocycles. The van der Waals surface area contributed by atoms with Gasteiger partial charge in [-0.25, -0.2) is 13.8 Å². The topological polar surface area (TPSA) is 62.6 Å². The van der Waals surface area contributed by atoms with Gasteiger partial charge in [0.25, 0.3) is 6.43 Å². The Labute approximate surface area is 78.8 Å². The molecule has 14 heavy (non-hydrogen) atoms. The number of methoxy groups -OCH3 is 1. The number of halogens is 2. The van der Waals surface area contributed by atoms with E-state index in [1.807, 2.05) is 0 Å². The van der Waals surface area contributed by atoms with Gasteiger partial charge >= 0.3 is 0 Å². The van der Waals surface area contributed by atoms with Crippen molar-refractivity contribution in [1.29, 1.82) is 0 Å². The summed E-state index contributed by atoms with van der Waals surface area (Å²) in [5, 5.41) is 17.9. The van der Waals surface area contributed by atoms with E-state index in [0.29, 0.717) is 0 Å². The zero-order chi connectivity index (χ0) is 10.7. The van der Waals surface area contributed by atoms with E-state index in [4.69, 9.17) is 10.2 Å². The molecule has 0 fully saturated rings. The van der Waals surface area contributed by atoms with E-state index in [2.05, 4.69) is 9.72 Å². The molecule has 0 aliphatic heterocycles. The second kappa shape index (κ2) is 4.19. The smallest absolute Gasteiger partial charge is 0.269 e. The van der Waals surface area contributed by atoms with Crippen LogP contribution in [0, 0.1) is 0 Å². The molecule has 4 nitrogen and oxygen atoms in total. The number of hydrogen-bond acceptors (Lipinski definition) is 4. The van der Waals surface area contributed by atoms with E-state index in [1.54, 1.807) is 0 Å². The van der Waals surface area contributed by atoms with Crippen LogP contribution in [0.5, 0.6) is 11.6 Å². The van der Waals surface area contributed by atoms with E-state index in [-0.39, 0.29) is 11.4 Å². The summed E-state index contributed by atoms with van der Waals surface area (Å²) in [4.78, 5) is 3.46. The van der Waals surface area contributed by atoms with Crippen LogP contribution in [0.2, 0.25) is 0 Å². The molecule has 1 aromatic rings. The molecule has 6 heteroatoms. The predicted molar refractivity (Wildman–Crippen MR) is 43.3 cm³/mol. The van der Waals surface area contributed by atoms with Crippen molar-refractivity contribution >= 4 is 0 Å². The Hall–Kier alpha value is -1.43. The highest BCUT2D eigenvalue weighted by atomic mass is 19.3. The van der Waals surface area contributed by atoms with Crippen molar-refractivity contribution < 1.29 is 23.7 Å². The maximum Gasteiger partial charge on any atom is 0.269 e. The molecule has 0 radical (unpaired) electrons. The summed E-state index contributed by atoms with van der Waals surface area (Å²) < 4.78 is 29.6. The highest BCUT2D eigenvalue weighted by Crippen LogP contribution is 2.34. The SMILES string of the molecule is COc1ncc(O)c(CO)c1C(F)F. The number of aliphatic hydroxyl groups excluding tert-OH is 1. The molecule has 2 N–H and O–H groups in total. The van der Waals surface area contributed by atoms with E-state index in [9.17, 15) is 8.78 Å². The van der Waals surface area contributed by atoms with Crippen LogP contribution in [0.15, 0.2) is 6.20 Å². The lowest BCUT2D eigenvalue weighted by atomic mass is 10.1. The van der Waals surface area contributed by atoms with E-state index >= 15 is 0 Å². The highest BCUT2D eigenvalue weighted by molar-refractivity contribution is 5.43. The number of aromatic hydroxyl groups is 1. The largest absolute Gasteiger partial charge is 0.506 e. The molecule has 78 valence electrons. The Morgan fingerprint density at radius 3 is 2.64 bits per heavy atom. The molecule has 0 amide bonds. The third-order valence-corrected chi connectivity index (χ3v) is 1.74. The van der Waals surface area contributed by atoms with E-state index in [1.165, 1.54) is 7.11 Å². The van der Waals surface area contributed by atoms with Crippen LogP contribution in [0.1, 0.15) is 17.6 Å². The normalized spacial score (nSPS) is 10.6. The van der Waals surface area contributed by atoms with Gasteiger partial charge in [0.1, 0.15) is 5.75 Å². The van der Waals surface area contributed by atoms with Crippen LogP contribution in [0.4, 0.5) is 8.78 Å². The molecular weight excluding hydrogens is 196 g/mol. The first-order chi connectivity index (χ1) is 6.61. The first kappa shape index (κ1) is 10.6. The molecule has 0 bridgehead atoms. The van der Waals surface area contributed by atoms with Crippen molar-refractivity contribution in [1.82, 2.24) is 4.98 Å². The second-order valence-corrected chi connectivity index (χ2v) is 2.50. The minimum atomic E-state index is -2.85. The predicted octanol–water partition coefficient (Wildman–Crippen LogP) is 1.23. The molecule has 0 aliphatic rings. The lowest BCUT2D eigenvalue weighted by Crippen LogP contribution is -2.01. The minimum absolute atomic E-state index is 0.258. The Morgan fingerprint density at radius 2 is 2.21 bits per heavy atom. The molecular formula is C8H9F2NO3. The number of rotatable bonds is 3. The molecule has 0 unspecified atom stereocenters. The van der Waals surface area contributed by atoms with Crippen LogP contribution in [0.3, 0.4) is 0 Å². The van der Waals surface area contributed by atoms with Crippen LogP contribution in [0.25, 0.3) is 0 Å². The summed E-state index contributed by atoms with van der Waals surface area (Å²) in [6.45, 7) is -0.690. The zero-order valence-corrected chi connectivity index (χ0v) is 7.37. The molecule has 0 saturated heterocycles. The number of alkyl halides is 2. The average Bonchev–Trinajstić information content (AvgIpc) is 2.17. The highest BCUT2D eigenvalue weighted by Gasteiger charge is 2.22. The van der Waals surface area contributed by atoms with E-state index < -0.39 is 24.3 Å². The number of aromatic nitrogens is 1. The minimum Gasteiger partial charge on any atom is -0.506 e. The lowest BCUT2D eigenvalue weighted by molar-refractivity contribution is 0.140. The Bertz CT molecular complexity index is 331. The quantitative estimate of drug-likeness (QED) is 0.778. The number of nitrogens with zero attached hydrogens (tertiary/aromatic N) is 1. The molecule has 0 spiro atoms. The fourth-order valence-corrected chi connectivity index (χ4v) is 1.09. The van der Waals surface area contributed by atoms with Gasteiger partial charge in [-0.2, -0.15) is 0 Å². The number of pyridine rings is 1. The standard InChI is InChI=1S/C8H9F2NO3/c1-14-8-6(7(9)10)4(3-12)5(13)2-11-8/h2,7,12-13H,3H2,1H3. The van der Waals surface area contributed by atoms with Crippen molar-refractivity contribution in [2.24, 2.45) is 0 Å². The van der Waals surface area contributed by atoms with Crippen LogP contribution >= 0.6 is 0 Å². The summed E-state index contributed by atoms with van der Waals surface area (Å²) in [5.41, 5.74) is -0.832. The van der Waals surface area contributed by atoms with Gasteiger partial charge in [-0.05, 0) is 0 Å². The monoisotopic (exact) mass is 205 g/mol. The number of ether oxygens (including phenoxy) is 1. The maximum absolute atomic E-state index is 12.5. The van der Waals surface area contributed by atoms with Gasteiger partial charge in [0.15, 0.2) is 0 Å². The molecule has 0 atom stereocenters. The van der Waals surface area contributed by atoms with Gasteiger partial charge < -0.3 is 14.9 Å². The van der Waals surface area contributed by atoms with Crippen molar-refractivity contribution in [3.05, 3.63) is 17.3 Å². The van der Waals surface area contributed by atoms with Gasteiger partial charge in [-0.15, -0.1) is 0 Å². The van der Waals surface area contributed by atoms with E-state index in [0.717, 1.165) is 6.20 Å².